The van der Waals surface area contributed by atoms with Gasteiger partial charge in [-0.2, -0.15) is 11.8 Å². The van der Waals surface area contributed by atoms with Crippen LogP contribution in [0.15, 0.2) is 0 Å². The van der Waals surface area contributed by atoms with E-state index in [1.165, 1.54) is 0 Å². The van der Waals surface area contributed by atoms with Crippen LogP contribution in [0, 0.1) is 5.92 Å². The maximum atomic E-state index is 11.3. The van der Waals surface area contributed by atoms with Gasteiger partial charge in [0.25, 0.3) is 0 Å². The highest BCUT2D eigenvalue weighted by molar-refractivity contribution is 14.1. The molecule has 0 bridgehead atoms. The predicted molar refractivity (Wildman–Crippen MR) is 57.3 cm³/mol. The number of nitrogens with one attached hydrogen (secondary N) is 1. The first-order chi connectivity index (χ1) is 5.34. The molecule has 0 aliphatic carbocycles. The third kappa shape index (κ3) is 3.19. The molecule has 1 saturated heterocycles. The van der Waals surface area contributed by atoms with Crippen molar-refractivity contribution in [1.29, 1.82) is 0 Å². The first-order valence-corrected chi connectivity index (χ1v) is 6.44. The third-order valence-corrected chi connectivity index (χ3v) is 3.40. The Labute approximate surface area is 85.0 Å². The van der Waals surface area contributed by atoms with Crippen LogP contribution in [0.4, 0.5) is 0 Å². The van der Waals surface area contributed by atoms with Crippen LogP contribution < -0.4 is 5.32 Å². The van der Waals surface area contributed by atoms with Gasteiger partial charge in [-0.1, -0.05) is 22.6 Å². The highest BCUT2D eigenvalue weighted by Gasteiger charge is 2.22. The van der Waals surface area contributed by atoms with Gasteiger partial charge in [-0.25, -0.2) is 0 Å². The summed E-state index contributed by atoms with van der Waals surface area (Å²) < 4.78 is 1.00. The maximum Gasteiger partial charge on any atom is 0.223 e. The number of hydrogen-bond donors (Lipinski definition) is 1. The molecule has 64 valence electrons. The Kier molecular flexibility index (Phi) is 4.59. The van der Waals surface area contributed by atoms with Crippen molar-refractivity contribution >= 4 is 40.3 Å². The van der Waals surface area contributed by atoms with Gasteiger partial charge in [0.1, 0.15) is 0 Å². The molecule has 1 heterocycles. The van der Waals surface area contributed by atoms with Crippen LogP contribution >= 0.6 is 34.4 Å². The van der Waals surface area contributed by atoms with Crippen molar-refractivity contribution in [2.45, 2.75) is 6.42 Å². The quantitative estimate of drug-likeness (QED) is 0.625. The lowest BCUT2D eigenvalue weighted by molar-refractivity contribution is -0.124. The smallest absolute Gasteiger partial charge is 0.223 e. The number of hydrogen-bond acceptors (Lipinski definition) is 2. The SMILES string of the molecule is O=C(NCCI)C1CCSC1. The summed E-state index contributed by atoms with van der Waals surface area (Å²) in [7, 11) is 0. The molecule has 2 nitrogen and oxygen atoms in total. The molecule has 1 aliphatic rings. The van der Waals surface area contributed by atoms with Crippen LogP contribution in [0.5, 0.6) is 0 Å². The summed E-state index contributed by atoms with van der Waals surface area (Å²) in [6, 6.07) is 0. The first-order valence-electron chi connectivity index (χ1n) is 3.76. The van der Waals surface area contributed by atoms with E-state index >= 15 is 0 Å². The highest BCUT2D eigenvalue weighted by Crippen LogP contribution is 2.23. The van der Waals surface area contributed by atoms with Gasteiger partial charge >= 0.3 is 0 Å². The Morgan fingerprint density at radius 3 is 3.09 bits per heavy atom. The monoisotopic (exact) mass is 285 g/mol. The van der Waals surface area contributed by atoms with Crippen LogP contribution in [0.25, 0.3) is 0 Å². The summed E-state index contributed by atoms with van der Waals surface area (Å²) in [5.41, 5.74) is 0. The van der Waals surface area contributed by atoms with E-state index in [0.29, 0.717) is 5.92 Å². The van der Waals surface area contributed by atoms with Crippen LogP contribution in [0.3, 0.4) is 0 Å². The van der Waals surface area contributed by atoms with Gasteiger partial charge in [-0.05, 0) is 12.2 Å². The minimum Gasteiger partial charge on any atom is -0.355 e. The van der Waals surface area contributed by atoms with Crippen molar-refractivity contribution in [1.82, 2.24) is 5.32 Å². The van der Waals surface area contributed by atoms with Gasteiger partial charge in [0, 0.05) is 22.6 Å². The molecule has 0 spiro atoms. The lowest BCUT2D eigenvalue weighted by Gasteiger charge is -2.07. The zero-order valence-corrected chi connectivity index (χ0v) is 9.28. The topological polar surface area (TPSA) is 29.1 Å². The summed E-state index contributed by atoms with van der Waals surface area (Å²) in [4.78, 5) is 11.3. The molecule has 4 heteroatoms. The van der Waals surface area contributed by atoms with Crippen molar-refractivity contribution in [3.63, 3.8) is 0 Å². The fourth-order valence-corrected chi connectivity index (χ4v) is 2.55. The molecule has 1 atom stereocenters. The van der Waals surface area contributed by atoms with Crippen molar-refractivity contribution < 1.29 is 4.79 Å². The molecular weight excluding hydrogens is 273 g/mol. The fourth-order valence-electron chi connectivity index (χ4n) is 1.06. The number of carbonyl (C=O) groups excluding carboxylic acids is 1. The minimum absolute atomic E-state index is 0.256. The summed E-state index contributed by atoms with van der Waals surface area (Å²) in [5.74, 6) is 2.73. The van der Waals surface area contributed by atoms with Crippen LogP contribution in [0.1, 0.15) is 6.42 Å². The molecule has 1 fully saturated rings. The Morgan fingerprint density at radius 2 is 2.55 bits per heavy atom. The number of halogens is 1. The first kappa shape index (κ1) is 9.64. The molecule has 0 saturated carbocycles. The lowest BCUT2D eigenvalue weighted by Crippen LogP contribution is -2.31. The number of rotatable bonds is 3. The van der Waals surface area contributed by atoms with Crippen molar-refractivity contribution in [2.75, 3.05) is 22.5 Å². The van der Waals surface area contributed by atoms with Crippen molar-refractivity contribution in [2.24, 2.45) is 5.92 Å². The summed E-state index contributed by atoms with van der Waals surface area (Å²) in [6.45, 7) is 0.820. The van der Waals surface area contributed by atoms with Gasteiger partial charge in [-0.15, -0.1) is 0 Å². The number of thioether (sulfide) groups is 1. The fraction of sp³-hybridized carbons (Fsp3) is 0.857. The molecule has 1 amide bonds. The third-order valence-electron chi connectivity index (χ3n) is 1.69. The average Bonchev–Trinajstić information content (AvgIpc) is 2.52. The van der Waals surface area contributed by atoms with E-state index in [4.69, 9.17) is 0 Å². The second-order valence-electron chi connectivity index (χ2n) is 2.54. The molecule has 0 aromatic rings. The molecule has 11 heavy (non-hydrogen) atoms. The predicted octanol–water partition coefficient (Wildman–Crippen LogP) is 1.29. The Balaban J connectivity index is 2.17. The van der Waals surface area contributed by atoms with Crippen LogP contribution in [-0.4, -0.2) is 28.4 Å². The highest BCUT2D eigenvalue weighted by atomic mass is 127. The van der Waals surface area contributed by atoms with Gasteiger partial charge in [0.05, 0.1) is 0 Å². The largest absolute Gasteiger partial charge is 0.355 e. The Morgan fingerprint density at radius 1 is 1.73 bits per heavy atom. The molecular formula is C7H12INOS. The summed E-state index contributed by atoms with van der Waals surface area (Å²) >= 11 is 4.15. The van der Waals surface area contributed by atoms with E-state index in [-0.39, 0.29) is 5.91 Å². The second-order valence-corrected chi connectivity index (χ2v) is 4.77. The molecule has 1 aliphatic heterocycles. The van der Waals surface area contributed by atoms with E-state index < -0.39 is 0 Å². The summed E-state index contributed by atoms with van der Waals surface area (Å²) in [6.07, 6.45) is 1.07. The zero-order chi connectivity index (χ0) is 8.10. The number of alkyl halides is 1. The maximum absolute atomic E-state index is 11.3. The van der Waals surface area contributed by atoms with Gasteiger partial charge in [-0.3, -0.25) is 4.79 Å². The van der Waals surface area contributed by atoms with Gasteiger partial charge < -0.3 is 5.32 Å². The molecule has 1 rings (SSSR count). The molecule has 1 unspecified atom stereocenters. The molecule has 0 radical (unpaired) electrons. The second kappa shape index (κ2) is 5.24. The van der Waals surface area contributed by atoms with Gasteiger partial charge in [0.15, 0.2) is 0 Å². The van der Waals surface area contributed by atoms with Crippen molar-refractivity contribution in [3.8, 4) is 0 Å². The minimum atomic E-state index is 0.256. The number of amides is 1. The lowest BCUT2D eigenvalue weighted by atomic mass is 10.1. The molecule has 1 N–H and O–H groups in total. The summed E-state index contributed by atoms with van der Waals surface area (Å²) in [5, 5.41) is 2.91. The van der Waals surface area contributed by atoms with E-state index in [0.717, 1.165) is 28.9 Å². The van der Waals surface area contributed by atoms with E-state index in [2.05, 4.69) is 27.9 Å². The standard InChI is InChI=1S/C7H12INOS/c8-2-3-9-7(10)6-1-4-11-5-6/h6H,1-5H2,(H,9,10). The van der Waals surface area contributed by atoms with Crippen LogP contribution in [-0.2, 0) is 4.79 Å². The number of carbonyl (C=O) groups is 1. The Hall–Kier alpha value is 0.550. The molecule has 0 aromatic carbocycles. The van der Waals surface area contributed by atoms with E-state index in [1.807, 2.05) is 11.8 Å². The van der Waals surface area contributed by atoms with Crippen LogP contribution in [0.2, 0.25) is 0 Å². The van der Waals surface area contributed by atoms with Crippen molar-refractivity contribution in [3.05, 3.63) is 0 Å². The van der Waals surface area contributed by atoms with Gasteiger partial charge in [0.2, 0.25) is 5.91 Å². The average molecular weight is 285 g/mol. The molecule has 0 aromatic heterocycles. The normalized spacial score (nSPS) is 23.5. The Bertz CT molecular complexity index is 136. The zero-order valence-electron chi connectivity index (χ0n) is 6.31. The van der Waals surface area contributed by atoms with E-state index in [9.17, 15) is 4.79 Å². The van der Waals surface area contributed by atoms with E-state index in [1.54, 1.807) is 0 Å².